The van der Waals surface area contributed by atoms with Gasteiger partial charge in [-0.1, -0.05) is 35.5 Å². The van der Waals surface area contributed by atoms with E-state index in [1.54, 1.807) is 0 Å². The van der Waals surface area contributed by atoms with E-state index in [4.69, 9.17) is 4.52 Å². The molecule has 4 rings (SSSR count). The maximum absolute atomic E-state index is 5.39. The van der Waals surface area contributed by atoms with Crippen molar-refractivity contribution < 1.29 is 4.52 Å². The van der Waals surface area contributed by atoms with Crippen LogP contribution in [0.3, 0.4) is 0 Å². The van der Waals surface area contributed by atoms with E-state index < -0.39 is 0 Å². The minimum Gasteiger partial charge on any atom is -0.369 e. The monoisotopic (exact) mass is 293 g/mol. The molecule has 0 aliphatic carbocycles. The number of rotatable bonds is 3. The fraction of sp³-hybridized carbons (Fsp3) is 0.278. The summed E-state index contributed by atoms with van der Waals surface area (Å²) in [6, 6.07) is 18.7. The first-order valence-electron chi connectivity index (χ1n) is 7.76. The predicted octanol–water partition coefficient (Wildman–Crippen LogP) is 3.15. The highest BCUT2D eigenvalue weighted by molar-refractivity contribution is 5.79. The van der Waals surface area contributed by atoms with E-state index in [0.29, 0.717) is 0 Å². The van der Waals surface area contributed by atoms with Crippen LogP contribution in [0.5, 0.6) is 0 Å². The molecule has 3 aromatic rings. The van der Waals surface area contributed by atoms with E-state index >= 15 is 0 Å². The second-order valence-corrected chi connectivity index (χ2v) is 5.72. The van der Waals surface area contributed by atoms with Gasteiger partial charge in [0.15, 0.2) is 5.58 Å². The normalized spacial score (nSPS) is 16.3. The van der Waals surface area contributed by atoms with Gasteiger partial charge in [-0.15, -0.1) is 0 Å². The van der Waals surface area contributed by atoms with E-state index in [2.05, 4.69) is 51.4 Å². The molecule has 22 heavy (non-hydrogen) atoms. The van der Waals surface area contributed by atoms with Crippen molar-refractivity contribution in [3.05, 3.63) is 60.3 Å². The smallest absolute Gasteiger partial charge is 0.167 e. The van der Waals surface area contributed by atoms with Gasteiger partial charge < -0.3 is 9.42 Å². The van der Waals surface area contributed by atoms with E-state index in [1.165, 1.54) is 5.69 Å². The topological polar surface area (TPSA) is 32.5 Å². The highest BCUT2D eigenvalue weighted by Crippen LogP contribution is 2.21. The molecule has 4 nitrogen and oxygen atoms in total. The summed E-state index contributed by atoms with van der Waals surface area (Å²) in [4.78, 5) is 4.89. The molecule has 1 aliphatic rings. The number of anilines is 1. The minimum atomic E-state index is 0.861. The van der Waals surface area contributed by atoms with Gasteiger partial charge >= 0.3 is 0 Å². The maximum Gasteiger partial charge on any atom is 0.167 e. The van der Waals surface area contributed by atoms with Crippen LogP contribution >= 0.6 is 0 Å². The number of hydrogen-bond donors (Lipinski definition) is 0. The Hall–Kier alpha value is -2.33. The van der Waals surface area contributed by atoms with Crippen LogP contribution in [0.4, 0.5) is 5.69 Å². The zero-order valence-corrected chi connectivity index (χ0v) is 12.5. The summed E-state index contributed by atoms with van der Waals surface area (Å²) in [7, 11) is 0. The van der Waals surface area contributed by atoms with E-state index in [0.717, 1.165) is 49.4 Å². The van der Waals surface area contributed by atoms with Crippen LogP contribution < -0.4 is 4.90 Å². The minimum absolute atomic E-state index is 0.861. The highest BCUT2D eigenvalue weighted by atomic mass is 16.5. The summed E-state index contributed by atoms with van der Waals surface area (Å²) in [6.45, 7) is 5.07. The first-order chi connectivity index (χ1) is 10.9. The summed E-state index contributed by atoms with van der Waals surface area (Å²) < 4.78 is 5.39. The zero-order valence-electron chi connectivity index (χ0n) is 12.5. The second kappa shape index (κ2) is 5.81. The van der Waals surface area contributed by atoms with Gasteiger partial charge in [0, 0.05) is 43.8 Å². The van der Waals surface area contributed by atoms with Gasteiger partial charge in [-0.3, -0.25) is 4.90 Å². The van der Waals surface area contributed by atoms with E-state index in [1.807, 2.05) is 18.2 Å². The Morgan fingerprint density at radius 2 is 1.59 bits per heavy atom. The summed E-state index contributed by atoms with van der Waals surface area (Å²) >= 11 is 0. The molecule has 1 aromatic heterocycles. The highest BCUT2D eigenvalue weighted by Gasteiger charge is 2.19. The molecule has 0 unspecified atom stereocenters. The van der Waals surface area contributed by atoms with Gasteiger partial charge in [0.25, 0.3) is 0 Å². The first-order valence-corrected chi connectivity index (χ1v) is 7.76. The molecule has 0 radical (unpaired) electrons. The van der Waals surface area contributed by atoms with Crippen LogP contribution in [-0.2, 0) is 6.54 Å². The zero-order chi connectivity index (χ0) is 14.8. The number of para-hydroxylation sites is 2. The molecule has 1 fully saturated rings. The van der Waals surface area contributed by atoms with Crippen molar-refractivity contribution in [2.24, 2.45) is 0 Å². The summed E-state index contributed by atoms with van der Waals surface area (Å²) in [5.74, 6) is 0. The maximum atomic E-state index is 5.39. The van der Waals surface area contributed by atoms with Crippen LogP contribution in [0, 0.1) is 0 Å². The third-order valence-corrected chi connectivity index (χ3v) is 4.32. The van der Waals surface area contributed by atoms with Crippen molar-refractivity contribution in [2.75, 3.05) is 31.1 Å². The molecule has 1 saturated heterocycles. The fourth-order valence-corrected chi connectivity index (χ4v) is 3.07. The lowest BCUT2D eigenvalue weighted by atomic mass is 10.2. The Kier molecular flexibility index (Phi) is 3.52. The lowest BCUT2D eigenvalue weighted by molar-refractivity contribution is 0.243. The molecule has 4 heteroatoms. The van der Waals surface area contributed by atoms with Gasteiger partial charge in [0.1, 0.15) is 5.69 Å². The molecule has 0 saturated carbocycles. The van der Waals surface area contributed by atoms with Gasteiger partial charge in [0.05, 0.1) is 0 Å². The van der Waals surface area contributed by atoms with Crippen molar-refractivity contribution in [1.29, 1.82) is 0 Å². The number of hydrogen-bond acceptors (Lipinski definition) is 4. The molecule has 0 atom stereocenters. The molecule has 2 heterocycles. The Balaban J connectivity index is 1.42. The second-order valence-electron chi connectivity index (χ2n) is 5.72. The molecule has 112 valence electrons. The van der Waals surface area contributed by atoms with Crippen LogP contribution in [-0.4, -0.2) is 36.2 Å². The SMILES string of the molecule is c1ccc(N2CCN(Cc3noc4ccccc34)CC2)cc1. The van der Waals surface area contributed by atoms with Crippen molar-refractivity contribution in [1.82, 2.24) is 10.1 Å². The Morgan fingerprint density at radius 1 is 0.864 bits per heavy atom. The molecule has 2 aromatic carbocycles. The molecule has 0 bridgehead atoms. The Morgan fingerprint density at radius 3 is 2.41 bits per heavy atom. The lowest BCUT2D eigenvalue weighted by Gasteiger charge is -2.35. The molecule has 1 aliphatic heterocycles. The van der Waals surface area contributed by atoms with Crippen molar-refractivity contribution >= 4 is 16.7 Å². The quantitative estimate of drug-likeness (QED) is 0.742. The number of fused-ring (bicyclic) bond motifs is 1. The molecular formula is C18H19N3O. The van der Waals surface area contributed by atoms with Crippen molar-refractivity contribution in [3.63, 3.8) is 0 Å². The summed E-state index contributed by atoms with van der Waals surface area (Å²) in [6.07, 6.45) is 0. The molecule has 0 amide bonds. The van der Waals surface area contributed by atoms with Crippen LogP contribution in [0.2, 0.25) is 0 Å². The molecule has 0 N–H and O–H groups in total. The van der Waals surface area contributed by atoms with Gasteiger partial charge in [-0.05, 0) is 24.3 Å². The third kappa shape index (κ3) is 2.57. The van der Waals surface area contributed by atoms with Crippen molar-refractivity contribution in [3.8, 4) is 0 Å². The lowest BCUT2D eigenvalue weighted by Crippen LogP contribution is -2.46. The predicted molar refractivity (Wildman–Crippen MR) is 87.9 cm³/mol. The third-order valence-electron chi connectivity index (χ3n) is 4.32. The van der Waals surface area contributed by atoms with Crippen LogP contribution in [0.15, 0.2) is 59.1 Å². The van der Waals surface area contributed by atoms with E-state index in [-0.39, 0.29) is 0 Å². The number of nitrogens with zero attached hydrogens (tertiary/aromatic N) is 3. The van der Waals surface area contributed by atoms with E-state index in [9.17, 15) is 0 Å². The van der Waals surface area contributed by atoms with Gasteiger partial charge in [0.2, 0.25) is 0 Å². The van der Waals surface area contributed by atoms with Gasteiger partial charge in [-0.2, -0.15) is 0 Å². The summed E-state index contributed by atoms with van der Waals surface area (Å²) in [5.41, 5.74) is 3.23. The van der Waals surface area contributed by atoms with Crippen LogP contribution in [0.1, 0.15) is 5.69 Å². The van der Waals surface area contributed by atoms with Gasteiger partial charge in [-0.25, -0.2) is 0 Å². The number of piperazine rings is 1. The van der Waals surface area contributed by atoms with Crippen molar-refractivity contribution in [2.45, 2.75) is 6.54 Å². The fourth-order valence-electron chi connectivity index (χ4n) is 3.07. The number of aromatic nitrogens is 1. The average Bonchev–Trinajstić information content (AvgIpc) is 3.00. The molecular weight excluding hydrogens is 274 g/mol. The average molecular weight is 293 g/mol. The Bertz CT molecular complexity index is 745. The molecule has 0 spiro atoms. The number of benzene rings is 2. The largest absolute Gasteiger partial charge is 0.369 e. The summed E-state index contributed by atoms with van der Waals surface area (Å²) in [5, 5.41) is 5.37. The standard InChI is InChI=1S/C18H19N3O/c1-2-6-15(7-3-1)21-12-10-20(11-13-21)14-17-16-8-4-5-9-18(16)22-19-17/h1-9H,10-14H2. The Labute approximate surface area is 129 Å². The van der Waals surface area contributed by atoms with Crippen LogP contribution in [0.25, 0.3) is 11.0 Å². The first kappa shape index (κ1) is 13.3.